The van der Waals surface area contributed by atoms with Gasteiger partial charge in [0.15, 0.2) is 0 Å². The number of carboxylic acids is 1. The number of carbonyl (C=O) groups is 4. The zero-order valence-electron chi connectivity index (χ0n) is 19.1. The molecule has 9 heteroatoms. The van der Waals surface area contributed by atoms with Gasteiger partial charge in [0.1, 0.15) is 5.60 Å². The standard InChI is InChI=1S/C23H32N2O7/c1-5-31-21(29)19(26)25(14-16-6-8-18(9-7-16)20(27)28)15-17-10-12-24(13-11-17)22(30)32-23(2,3)4/h6-9,17H,5,10-15H2,1-4H3,(H,27,28). The Morgan fingerprint density at radius 3 is 2.19 bits per heavy atom. The van der Waals surface area contributed by atoms with E-state index in [1.54, 1.807) is 24.0 Å². The summed E-state index contributed by atoms with van der Waals surface area (Å²) in [5.41, 5.74) is 0.290. The molecule has 0 atom stereocenters. The largest absolute Gasteiger partial charge is 0.478 e. The van der Waals surface area contributed by atoms with Gasteiger partial charge in [0.2, 0.25) is 0 Å². The highest BCUT2D eigenvalue weighted by Crippen LogP contribution is 2.22. The molecule has 1 N–H and O–H groups in total. The van der Waals surface area contributed by atoms with Crippen molar-refractivity contribution in [1.29, 1.82) is 0 Å². The van der Waals surface area contributed by atoms with Crippen LogP contribution >= 0.6 is 0 Å². The number of rotatable bonds is 6. The van der Waals surface area contributed by atoms with Gasteiger partial charge in [0.05, 0.1) is 12.2 Å². The Labute approximate surface area is 188 Å². The van der Waals surface area contributed by atoms with Crippen LogP contribution in [0, 0.1) is 5.92 Å². The maximum atomic E-state index is 12.7. The number of nitrogens with zero attached hydrogens (tertiary/aromatic N) is 2. The quantitative estimate of drug-likeness (QED) is 0.526. The molecule has 0 unspecified atom stereocenters. The van der Waals surface area contributed by atoms with Crippen LogP contribution in [-0.2, 0) is 25.6 Å². The van der Waals surface area contributed by atoms with Crippen molar-refractivity contribution in [3.05, 3.63) is 35.4 Å². The molecule has 9 nitrogen and oxygen atoms in total. The lowest BCUT2D eigenvalue weighted by Gasteiger charge is -2.35. The third-order valence-electron chi connectivity index (χ3n) is 5.06. The lowest BCUT2D eigenvalue weighted by atomic mass is 9.96. The second kappa shape index (κ2) is 11.0. The molecule has 0 saturated carbocycles. The smallest absolute Gasteiger partial charge is 0.410 e. The molecule has 0 aliphatic carbocycles. The predicted octanol–water partition coefficient (Wildman–Crippen LogP) is 2.92. The number of likely N-dealkylation sites (tertiary alicyclic amines) is 1. The van der Waals surface area contributed by atoms with Crippen LogP contribution in [0.25, 0.3) is 0 Å². The number of hydrogen-bond acceptors (Lipinski definition) is 6. The molecule has 1 fully saturated rings. The van der Waals surface area contributed by atoms with Crippen molar-refractivity contribution in [1.82, 2.24) is 9.80 Å². The molecule has 1 heterocycles. The SMILES string of the molecule is CCOC(=O)C(=O)N(Cc1ccc(C(=O)O)cc1)CC1CCN(C(=O)OC(C)(C)C)CC1. The Balaban J connectivity index is 2.04. The molecule has 1 aliphatic heterocycles. The second-order valence-electron chi connectivity index (χ2n) is 8.82. The van der Waals surface area contributed by atoms with Gasteiger partial charge in [-0.1, -0.05) is 12.1 Å². The van der Waals surface area contributed by atoms with Gasteiger partial charge < -0.3 is 24.4 Å². The normalized spacial score (nSPS) is 14.6. The van der Waals surface area contributed by atoms with Gasteiger partial charge in [0.25, 0.3) is 0 Å². The number of hydrogen-bond donors (Lipinski definition) is 1. The fourth-order valence-corrected chi connectivity index (χ4v) is 3.45. The summed E-state index contributed by atoms with van der Waals surface area (Å²) in [5, 5.41) is 9.05. The Bertz CT molecular complexity index is 822. The summed E-state index contributed by atoms with van der Waals surface area (Å²) >= 11 is 0. The molecule has 0 spiro atoms. The summed E-state index contributed by atoms with van der Waals surface area (Å²) in [6.45, 7) is 8.69. The number of esters is 1. The van der Waals surface area contributed by atoms with Crippen LogP contribution in [0.3, 0.4) is 0 Å². The zero-order valence-corrected chi connectivity index (χ0v) is 19.1. The molecule has 1 aromatic rings. The first kappa shape index (κ1) is 25.2. The minimum Gasteiger partial charge on any atom is -0.478 e. The van der Waals surface area contributed by atoms with Crippen LogP contribution in [0.4, 0.5) is 4.79 Å². The molecule has 1 saturated heterocycles. The van der Waals surface area contributed by atoms with E-state index in [0.717, 1.165) is 0 Å². The molecular formula is C23H32N2O7. The van der Waals surface area contributed by atoms with Gasteiger partial charge in [0, 0.05) is 26.2 Å². The third kappa shape index (κ3) is 7.55. The minimum atomic E-state index is -1.03. The van der Waals surface area contributed by atoms with Gasteiger partial charge in [-0.05, 0) is 64.2 Å². The monoisotopic (exact) mass is 448 g/mol. The van der Waals surface area contributed by atoms with E-state index in [2.05, 4.69) is 0 Å². The van der Waals surface area contributed by atoms with Crippen molar-refractivity contribution in [3.8, 4) is 0 Å². The summed E-state index contributed by atoms with van der Waals surface area (Å²) in [6, 6.07) is 6.17. The maximum Gasteiger partial charge on any atom is 0.410 e. The van der Waals surface area contributed by atoms with Crippen molar-refractivity contribution in [3.63, 3.8) is 0 Å². The fourth-order valence-electron chi connectivity index (χ4n) is 3.45. The molecule has 1 aliphatic rings. The lowest BCUT2D eigenvalue weighted by molar-refractivity contribution is -0.160. The van der Waals surface area contributed by atoms with E-state index in [1.807, 2.05) is 20.8 Å². The number of carboxylic acid groups (broad SMARTS) is 1. The number of ether oxygens (including phenoxy) is 2. The Morgan fingerprint density at radius 2 is 1.69 bits per heavy atom. The molecule has 1 aromatic carbocycles. The predicted molar refractivity (Wildman–Crippen MR) is 116 cm³/mol. The summed E-state index contributed by atoms with van der Waals surface area (Å²) in [6.07, 6.45) is 0.988. The number of aromatic carboxylic acids is 1. The number of carbonyl (C=O) groups excluding carboxylic acids is 3. The van der Waals surface area contributed by atoms with E-state index in [9.17, 15) is 19.2 Å². The molecule has 2 amide bonds. The highest BCUT2D eigenvalue weighted by molar-refractivity contribution is 6.32. The van der Waals surface area contributed by atoms with Gasteiger partial charge in [-0.25, -0.2) is 14.4 Å². The lowest BCUT2D eigenvalue weighted by Crippen LogP contribution is -2.45. The van der Waals surface area contributed by atoms with Crippen LogP contribution < -0.4 is 0 Å². The van der Waals surface area contributed by atoms with Gasteiger partial charge in [-0.2, -0.15) is 0 Å². The first-order valence-corrected chi connectivity index (χ1v) is 10.8. The van der Waals surface area contributed by atoms with Crippen molar-refractivity contribution in [2.75, 3.05) is 26.2 Å². The van der Waals surface area contributed by atoms with E-state index in [1.165, 1.54) is 17.0 Å². The number of piperidine rings is 1. The van der Waals surface area contributed by atoms with Crippen molar-refractivity contribution in [2.24, 2.45) is 5.92 Å². The summed E-state index contributed by atoms with van der Waals surface area (Å²) in [7, 11) is 0. The van der Waals surface area contributed by atoms with Gasteiger partial charge >= 0.3 is 23.9 Å². The molecule has 176 valence electrons. The van der Waals surface area contributed by atoms with Gasteiger partial charge in [-0.15, -0.1) is 0 Å². The average molecular weight is 449 g/mol. The number of amides is 2. The molecule has 0 radical (unpaired) electrons. The first-order valence-electron chi connectivity index (χ1n) is 10.8. The molecule has 32 heavy (non-hydrogen) atoms. The van der Waals surface area contributed by atoms with Crippen LogP contribution in [0.15, 0.2) is 24.3 Å². The molecule has 0 bridgehead atoms. The van der Waals surface area contributed by atoms with Crippen LogP contribution in [-0.4, -0.2) is 70.7 Å². The Hall–Kier alpha value is -3.10. The fraction of sp³-hybridized carbons (Fsp3) is 0.565. The van der Waals surface area contributed by atoms with E-state index in [4.69, 9.17) is 14.6 Å². The Morgan fingerprint density at radius 1 is 1.09 bits per heavy atom. The van der Waals surface area contributed by atoms with Crippen molar-refractivity contribution in [2.45, 2.75) is 52.7 Å². The van der Waals surface area contributed by atoms with Gasteiger partial charge in [-0.3, -0.25) is 4.79 Å². The van der Waals surface area contributed by atoms with Crippen LogP contribution in [0.1, 0.15) is 56.5 Å². The second-order valence-corrected chi connectivity index (χ2v) is 8.82. The highest BCUT2D eigenvalue weighted by Gasteiger charge is 2.30. The summed E-state index contributed by atoms with van der Waals surface area (Å²) < 4.78 is 10.3. The molecule has 0 aromatic heterocycles. The molecule has 2 rings (SSSR count). The Kier molecular flexibility index (Phi) is 8.63. The summed E-state index contributed by atoms with van der Waals surface area (Å²) in [4.78, 5) is 51.2. The van der Waals surface area contributed by atoms with Crippen molar-refractivity contribution < 1.29 is 33.8 Å². The molecular weight excluding hydrogens is 416 g/mol. The van der Waals surface area contributed by atoms with E-state index < -0.39 is 23.4 Å². The number of benzene rings is 1. The zero-order chi connectivity index (χ0) is 23.9. The van der Waals surface area contributed by atoms with E-state index in [-0.39, 0.29) is 30.7 Å². The van der Waals surface area contributed by atoms with Crippen LogP contribution in [0.5, 0.6) is 0 Å². The third-order valence-corrected chi connectivity index (χ3v) is 5.06. The minimum absolute atomic E-state index is 0.0972. The maximum absolute atomic E-state index is 12.7. The van der Waals surface area contributed by atoms with Crippen LogP contribution in [0.2, 0.25) is 0 Å². The summed E-state index contributed by atoms with van der Waals surface area (Å²) in [5.74, 6) is -2.58. The first-order chi connectivity index (χ1) is 15.0. The topological polar surface area (TPSA) is 113 Å². The van der Waals surface area contributed by atoms with Crippen molar-refractivity contribution >= 4 is 23.9 Å². The highest BCUT2D eigenvalue weighted by atomic mass is 16.6. The van der Waals surface area contributed by atoms with E-state index >= 15 is 0 Å². The van der Waals surface area contributed by atoms with E-state index in [0.29, 0.717) is 38.0 Å². The average Bonchev–Trinajstić information content (AvgIpc) is 2.72.